The van der Waals surface area contributed by atoms with Gasteiger partial charge in [0.2, 0.25) is 0 Å². The molecule has 1 aromatic heterocycles. The van der Waals surface area contributed by atoms with Crippen LogP contribution < -0.4 is 0 Å². The highest BCUT2D eigenvalue weighted by Crippen LogP contribution is 2.42. The third kappa shape index (κ3) is 2.42. The molecule has 0 radical (unpaired) electrons. The molecule has 1 heteroatoms. The molecule has 0 unspecified atom stereocenters. The van der Waals surface area contributed by atoms with Gasteiger partial charge in [-0.2, -0.15) is 0 Å². The van der Waals surface area contributed by atoms with E-state index in [0.29, 0.717) is 0 Å². The Kier molecular flexibility index (Phi) is 3.62. The molecule has 0 amide bonds. The van der Waals surface area contributed by atoms with Gasteiger partial charge in [-0.15, -0.1) is 0 Å². The van der Waals surface area contributed by atoms with Gasteiger partial charge in [-0.25, -0.2) is 0 Å². The van der Waals surface area contributed by atoms with E-state index in [-0.39, 0.29) is 0 Å². The van der Waals surface area contributed by atoms with Crippen LogP contribution in [0.15, 0.2) is 115 Å². The van der Waals surface area contributed by atoms with Crippen molar-refractivity contribution in [3.63, 3.8) is 0 Å². The average Bonchev–Trinajstić information content (AvgIpc) is 2.87. The fraction of sp³-hybridized carbons (Fsp3) is 0. The van der Waals surface area contributed by atoms with E-state index in [1.807, 2.05) is 18.3 Å². The standard InChI is InChI=1S/C31H19N/c1-2-9-24-23(8-1)25(17-18-27(24)29-10-3-4-19-32-29)26-15-13-22-12-11-20-6-5-7-21-14-16-28(26)31(22)30(20)21/h1-19H. The van der Waals surface area contributed by atoms with Crippen LogP contribution >= 0.6 is 0 Å². The fourth-order valence-electron chi connectivity index (χ4n) is 5.25. The second kappa shape index (κ2) is 6.63. The molecule has 7 rings (SSSR count). The smallest absolute Gasteiger partial charge is 0.0708 e. The van der Waals surface area contributed by atoms with Crippen molar-refractivity contribution in [3.05, 3.63) is 115 Å². The number of aromatic nitrogens is 1. The Morgan fingerprint density at radius 2 is 0.969 bits per heavy atom. The molecule has 0 aliphatic heterocycles. The van der Waals surface area contributed by atoms with Gasteiger partial charge in [-0.05, 0) is 66.3 Å². The van der Waals surface area contributed by atoms with Crippen LogP contribution in [0.4, 0.5) is 0 Å². The molecule has 0 saturated carbocycles. The monoisotopic (exact) mass is 405 g/mol. The summed E-state index contributed by atoms with van der Waals surface area (Å²) in [6.07, 6.45) is 1.86. The molecule has 0 saturated heterocycles. The minimum absolute atomic E-state index is 1.01. The minimum Gasteiger partial charge on any atom is -0.256 e. The molecule has 7 aromatic rings. The Morgan fingerprint density at radius 1 is 0.375 bits per heavy atom. The summed E-state index contributed by atoms with van der Waals surface area (Å²) in [6.45, 7) is 0. The maximum Gasteiger partial charge on any atom is 0.0708 e. The van der Waals surface area contributed by atoms with Gasteiger partial charge in [-0.1, -0.05) is 97.1 Å². The number of nitrogens with zero attached hydrogens (tertiary/aromatic N) is 1. The highest BCUT2D eigenvalue weighted by Gasteiger charge is 2.15. The van der Waals surface area contributed by atoms with Crippen LogP contribution in [-0.2, 0) is 0 Å². The van der Waals surface area contributed by atoms with Crippen LogP contribution in [-0.4, -0.2) is 4.98 Å². The lowest BCUT2D eigenvalue weighted by molar-refractivity contribution is 1.33. The summed E-state index contributed by atoms with van der Waals surface area (Å²) in [4.78, 5) is 4.61. The van der Waals surface area contributed by atoms with Gasteiger partial charge in [0.15, 0.2) is 0 Å². The van der Waals surface area contributed by atoms with Gasteiger partial charge in [0, 0.05) is 11.8 Å². The Bertz CT molecular complexity index is 1750. The molecule has 0 spiro atoms. The molecule has 148 valence electrons. The molecule has 0 aliphatic carbocycles. The predicted molar refractivity (Wildman–Crippen MR) is 136 cm³/mol. The molecule has 0 aliphatic rings. The SMILES string of the molecule is c1ccc(-c2ccc(-c3ccc4ccc5cccc6ccc3c4c56)c3ccccc23)nc1. The lowest BCUT2D eigenvalue weighted by Gasteiger charge is -2.16. The molecule has 0 fully saturated rings. The summed E-state index contributed by atoms with van der Waals surface area (Å²) in [5.74, 6) is 0. The van der Waals surface area contributed by atoms with E-state index in [1.165, 1.54) is 59.8 Å². The highest BCUT2D eigenvalue weighted by atomic mass is 14.7. The zero-order valence-corrected chi connectivity index (χ0v) is 17.4. The van der Waals surface area contributed by atoms with Crippen molar-refractivity contribution in [2.75, 3.05) is 0 Å². The second-order valence-electron chi connectivity index (χ2n) is 8.39. The normalized spacial score (nSPS) is 11.8. The first-order chi connectivity index (χ1) is 15.9. The van der Waals surface area contributed by atoms with Crippen molar-refractivity contribution in [3.8, 4) is 22.4 Å². The fourth-order valence-corrected chi connectivity index (χ4v) is 5.25. The zero-order chi connectivity index (χ0) is 21.1. The Balaban J connectivity index is 1.58. The van der Waals surface area contributed by atoms with Crippen molar-refractivity contribution in [1.29, 1.82) is 0 Å². The quantitative estimate of drug-likeness (QED) is 0.263. The Morgan fingerprint density at radius 3 is 1.75 bits per heavy atom. The molecule has 1 nitrogen and oxygen atoms in total. The van der Waals surface area contributed by atoms with E-state index in [9.17, 15) is 0 Å². The van der Waals surface area contributed by atoms with Crippen LogP contribution in [0.5, 0.6) is 0 Å². The summed E-state index contributed by atoms with van der Waals surface area (Å²) in [5, 5.41) is 10.4. The molecular weight excluding hydrogens is 386 g/mol. The van der Waals surface area contributed by atoms with Gasteiger partial charge >= 0.3 is 0 Å². The van der Waals surface area contributed by atoms with Gasteiger partial charge in [0.05, 0.1) is 5.69 Å². The lowest BCUT2D eigenvalue weighted by atomic mass is 9.87. The van der Waals surface area contributed by atoms with Gasteiger partial charge in [-0.3, -0.25) is 4.98 Å². The number of benzene rings is 6. The summed E-state index contributed by atoms with van der Waals surface area (Å²) >= 11 is 0. The summed E-state index contributed by atoms with van der Waals surface area (Å²) < 4.78 is 0. The Hall–Kier alpha value is -4.23. The highest BCUT2D eigenvalue weighted by molar-refractivity contribution is 6.26. The summed E-state index contributed by atoms with van der Waals surface area (Å²) in [7, 11) is 0. The van der Waals surface area contributed by atoms with E-state index < -0.39 is 0 Å². The van der Waals surface area contributed by atoms with E-state index in [2.05, 4.69) is 102 Å². The van der Waals surface area contributed by atoms with Crippen LogP contribution in [0.1, 0.15) is 0 Å². The number of pyridine rings is 1. The summed E-state index contributed by atoms with van der Waals surface area (Å²) in [5.41, 5.74) is 4.71. The first-order valence-electron chi connectivity index (χ1n) is 11.0. The van der Waals surface area contributed by atoms with Gasteiger partial charge in [0.25, 0.3) is 0 Å². The first kappa shape index (κ1) is 17.5. The zero-order valence-electron chi connectivity index (χ0n) is 17.4. The van der Waals surface area contributed by atoms with E-state index in [4.69, 9.17) is 0 Å². The molecular formula is C31H19N. The van der Waals surface area contributed by atoms with Crippen LogP contribution in [0.2, 0.25) is 0 Å². The number of rotatable bonds is 2. The largest absolute Gasteiger partial charge is 0.256 e. The number of hydrogen-bond acceptors (Lipinski definition) is 1. The van der Waals surface area contributed by atoms with Gasteiger partial charge in [0.1, 0.15) is 0 Å². The molecule has 6 aromatic carbocycles. The van der Waals surface area contributed by atoms with Crippen molar-refractivity contribution in [2.24, 2.45) is 0 Å². The van der Waals surface area contributed by atoms with Crippen molar-refractivity contribution < 1.29 is 0 Å². The topological polar surface area (TPSA) is 12.9 Å². The first-order valence-corrected chi connectivity index (χ1v) is 11.0. The molecule has 0 N–H and O–H groups in total. The van der Waals surface area contributed by atoms with Crippen molar-refractivity contribution in [2.45, 2.75) is 0 Å². The van der Waals surface area contributed by atoms with Crippen LogP contribution in [0, 0.1) is 0 Å². The molecule has 0 bridgehead atoms. The van der Waals surface area contributed by atoms with Crippen molar-refractivity contribution in [1.82, 2.24) is 4.98 Å². The lowest BCUT2D eigenvalue weighted by Crippen LogP contribution is -1.90. The van der Waals surface area contributed by atoms with Crippen LogP contribution in [0.25, 0.3) is 65.5 Å². The van der Waals surface area contributed by atoms with E-state index in [0.717, 1.165) is 5.69 Å². The average molecular weight is 406 g/mol. The molecule has 32 heavy (non-hydrogen) atoms. The third-order valence-electron chi connectivity index (χ3n) is 6.68. The van der Waals surface area contributed by atoms with Crippen LogP contribution in [0.3, 0.4) is 0 Å². The maximum absolute atomic E-state index is 4.61. The minimum atomic E-state index is 1.01. The Labute approximate surface area is 185 Å². The predicted octanol–water partition coefficient (Wildman–Crippen LogP) is 8.47. The van der Waals surface area contributed by atoms with Crippen molar-refractivity contribution >= 4 is 43.1 Å². The molecule has 1 heterocycles. The van der Waals surface area contributed by atoms with Gasteiger partial charge < -0.3 is 0 Å². The maximum atomic E-state index is 4.61. The van der Waals surface area contributed by atoms with E-state index in [1.54, 1.807) is 0 Å². The summed E-state index contributed by atoms with van der Waals surface area (Å²) in [6, 6.07) is 39.4. The second-order valence-corrected chi connectivity index (χ2v) is 8.39. The number of hydrogen-bond donors (Lipinski definition) is 0. The third-order valence-corrected chi connectivity index (χ3v) is 6.68. The van der Waals surface area contributed by atoms with E-state index >= 15 is 0 Å². The number of fused-ring (bicyclic) bond motifs is 1. The molecule has 0 atom stereocenters.